The quantitative estimate of drug-likeness (QED) is 0.794. The third-order valence-electron chi connectivity index (χ3n) is 4.67. The fourth-order valence-electron chi connectivity index (χ4n) is 3.35. The van der Waals surface area contributed by atoms with Crippen molar-refractivity contribution >= 4 is 22.6 Å². The minimum atomic E-state index is -0.418. The van der Waals surface area contributed by atoms with Crippen LogP contribution in [0.4, 0.5) is 5.69 Å². The number of nitrogens with one attached hydrogen (secondary N) is 2. The van der Waals surface area contributed by atoms with Gasteiger partial charge in [0.25, 0.3) is 5.91 Å². The van der Waals surface area contributed by atoms with Crippen LogP contribution in [0.5, 0.6) is 0 Å². The lowest BCUT2D eigenvalue weighted by atomic mass is 10.2. The SMILES string of the molecule is NC[C@H]1CC[C@@H](C(=O)Nc2ccc3nc(C4CCCO4)[nH]c3c2)O1. The second-order valence-electron chi connectivity index (χ2n) is 6.40. The van der Waals surface area contributed by atoms with E-state index >= 15 is 0 Å². The Morgan fingerprint density at radius 2 is 2.29 bits per heavy atom. The van der Waals surface area contributed by atoms with Crippen LogP contribution in [0.1, 0.15) is 37.6 Å². The van der Waals surface area contributed by atoms with Crippen molar-refractivity contribution in [2.24, 2.45) is 5.73 Å². The third kappa shape index (κ3) is 3.02. The van der Waals surface area contributed by atoms with Crippen LogP contribution in [-0.4, -0.2) is 41.2 Å². The molecule has 2 fully saturated rings. The Morgan fingerprint density at radius 1 is 1.38 bits per heavy atom. The monoisotopic (exact) mass is 330 g/mol. The lowest BCUT2D eigenvalue weighted by molar-refractivity contribution is -0.126. The van der Waals surface area contributed by atoms with E-state index in [0.29, 0.717) is 13.0 Å². The summed E-state index contributed by atoms with van der Waals surface area (Å²) in [4.78, 5) is 20.2. The number of nitrogens with two attached hydrogens (primary N) is 1. The number of ether oxygens (including phenoxy) is 2. The summed E-state index contributed by atoms with van der Waals surface area (Å²) in [6.07, 6.45) is 3.22. The van der Waals surface area contributed by atoms with Gasteiger partial charge in [-0.1, -0.05) is 0 Å². The minimum absolute atomic E-state index is 0.00944. The average Bonchev–Trinajstić information content (AvgIpc) is 3.32. The molecule has 2 aromatic rings. The predicted molar refractivity (Wildman–Crippen MR) is 89.6 cm³/mol. The van der Waals surface area contributed by atoms with Crippen LogP contribution in [0, 0.1) is 0 Å². The van der Waals surface area contributed by atoms with Crippen LogP contribution in [0.2, 0.25) is 0 Å². The van der Waals surface area contributed by atoms with Crippen molar-refractivity contribution in [2.75, 3.05) is 18.5 Å². The standard InChI is InChI=1S/C17H22N4O3/c18-9-11-4-6-15(24-11)17(22)19-10-3-5-12-13(8-10)21-16(20-12)14-2-1-7-23-14/h3,5,8,11,14-15H,1-2,4,6-7,9,18H2,(H,19,22)(H,20,21)/t11-,14?,15+/m1/s1. The first-order chi connectivity index (χ1) is 11.7. The van der Waals surface area contributed by atoms with Gasteiger partial charge in [0.2, 0.25) is 0 Å². The molecule has 4 rings (SSSR count). The van der Waals surface area contributed by atoms with Gasteiger partial charge < -0.3 is 25.5 Å². The number of rotatable bonds is 4. The molecule has 0 saturated carbocycles. The molecule has 0 aliphatic carbocycles. The molecule has 7 nitrogen and oxygen atoms in total. The molecule has 0 bridgehead atoms. The molecule has 2 aliphatic rings. The van der Waals surface area contributed by atoms with Crippen LogP contribution >= 0.6 is 0 Å². The number of carbonyl (C=O) groups excluding carboxylic acids is 1. The maximum absolute atomic E-state index is 12.3. The Hall–Kier alpha value is -1.96. The van der Waals surface area contributed by atoms with Gasteiger partial charge in [0.05, 0.1) is 17.1 Å². The fourth-order valence-corrected chi connectivity index (χ4v) is 3.35. The average molecular weight is 330 g/mol. The molecule has 1 unspecified atom stereocenters. The van der Waals surface area contributed by atoms with Gasteiger partial charge in [0.1, 0.15) is 18.0 Å². The number of hydrogen-bond acceptors (Lipinski definition) is 5. The lowest BCUT2D eigenvalue weighted by Crippen LogP contribution is -2.29. The van der Waals surface area contributed by atoms with Crippen LogP contribution in [0.15, 0.2) is 18.2 Å². The van der Waals surface area contributed by atoms with Crippen molar-refractivity contribution in [3.8, 4) is 0 Å². The summed E-state index contributed by atoms with van der Waals surface area (Å²) < 4.78 is 11.3. The molecule has 3 atom stereocenters. The van der Waals surface area contributed by atoms with E-state index in [9.17, 15) is 4.79 Å². The van der Waals surface area contributed by atoms with E-state index in [4.69, 9.17) is 15.2 Å². The number of H-pyrrole nitrogens is 1. The fraction of sp³-hybridized carbons (Fsp3) is 0.529. The van der Waals surface area contributed by atoms with Gasteiger partial charge in [-0.3, -0.25) is 4.79 Å². The number of fused-ring (bicyclic) bond motifs is 1. The maximum atomic E-state index is 12.3. The van der Waals surface area contributed by atoms with Gasteiger partial charge in [0, 0.05) is 18.8 Å². The number of hydrogen-bond donors (Lipinski definition) is 3. The molecule has 1 amide bonds. The van der Waals surface area contributed by atoms with Crippen LogP contribution < -0.4 is 11.1 Å². The number of anilines is 1. The highest BCUT2D eigenvalue weighted by atomic mass is 16.5. The normalized spacial score (nSPS) is 27.0. The summed E-state index contributed by atoms with van der Waals surface area (Å²) in [6.45, 7) is 1.24. The number of imidazole rings is 1. The summed E-state index contributed by atoms with van der Waals surface area (Å²) in [5, 5.41) is 2.92. The minimum Gasteiger partial charge on any atom is -0.370 e. The zero-order valence-corrected chi connectivity index (χ0v) is 13.5. The topological polar surface area (TPSA) is 102 Å². The summed E-state index contributed by atoms with van der Waals surface area (Å²) in [5.74, 6) is 0.736. The molecule has 2 saturated heterocycles. The Bertz CT molecular complexity index is 739. The van der Waals surface area contributed by atoms with E-state index in [2.05, 4.69) is 15.3 Å². The number of aromatic amines is 1. The van der Waals surface area contributed by atoms with Crippen molar-refractivity contribution < 1.29 is 14.3 Å². The molecule has 1 aromatic heterocycles. The smallest absolute Gasteiger partial charge is 0.253 e. The molecule has 3 heterocycles. The van der Waals surface area contributed by atoms with Gasteiger partial charge >= 0.3 is 0 Å². The molecular formula is C17H22N4O3. The summed E-state index contributed by atoms with van der Waals surface area (Å²) >= 11 is 0. The van der Waals surface area contributed by atoms with E-state index < -0.39 is 6.10 Å². The van der Waals surface area contributed by atoms with Gasteiger partial charge in [-0.2, -0.15) is 0 Å². The van der Waals surface area contributed by atoms with Crippen LogP contribution in [0.25, 0.3) is 11.0 Å². The Kier molecular flexibility index (Phi) is 4.22. The van der Waals surface area contributed by atoms with Crippen LogP contribution in [-0.2, 0) is 14.3 Å². The molecule has 0 spiro atoms. The zero-order chi connectivity index (χ0) is 16.5. The third-order valence-corrected chi connectivity index (χ3v) is 4.67. The zero-order valence-electron chi connectivity index (χ0n) is 13.5. The van der Waals surface area contributed by atoms with E-state index in [0.717, 1.165) is 48.4 Å². The van der Waals surface area contributed by atoms with E-state index in [-0.39, 0.29) is 18.1 Å². The highest BCUT2D eigenvalue weighted by Crippen LogP contribution is 2.29. The maximum Gasteiger partial charge on any atom is 0.253 e. The molecule has 1 aromatic carbocycles. The van der Waals surface area contributed by atoms with E-state index in [1.54, 1.807) is 0 Å². The first-order valence-electron chi connectivity index (χ1n) is 8.50. The van der Waals surface area contributed by atoms with E-state index in [1.165, 1.54) is 0 Å². The molecule has 0 radical (unpaired) electrons. The summed E-state index contributed by atoms with van der Waals surface area (Å²) in [7, 11) is 0. The highest BCUT2D eigenvalue weighted by molar-refractivity contribution is 5.96. The molecule has 7 heteroatoms. The number of amides is 1. The Labute approximate surface area is 139 Å². The molecule has 2 aliphatic heterocycles. The lowest BCUT2D eigenvalue weighted by Gasteiger charge is -2.12. The second-order valence-corrected chi connectivity index (χ2v) is 6.40. The molecule has 128 valence electrons. The highest BCUT2D eigenvalue weighted by Gasteiger charge is 2.30. The summed E-state index contributed by atoms with van der Waals surface area (Å²) in [5.41, 5.74) is 8.09. The van der Waals surface area contributed by atoms with Crippen molar-refractivity contribution in [2.45, 2.75) is 44.0 Å². The first-order valence-corrected chi connectivity index (χ1v) is 8.50. The Balaban J connectivity index is 1.47. The van der Waals surface area contributed by atoms with Gasteiger partial charge in [-0.15, -0.1) is 0 Å². The number of benzene rings is 1. The largest absolute Gasteiger partial charge is 0.370 e. The molecule has 24 heavy (non-hydrogen) atoms. The van der Waals surface area contributed by atoms with Gasteiger partial charge in [-0.25, -0.2) is 4.98 Å². The molecule has 4 N–H and O–H groups in total. The number of aromatic nitrogens is 2. The van der Waals surface area contributed by atoms with Crippen molar-refractivity contribution in [1.29, 1.82) is 0 Å². The number of carbonyl (C=O) groups is 1. The summed E-state index contributed by atoms with van der Waals surface area (Å²) in [6, 6.07) is 5.65. The van der Waals surface area contributed by atoms with Crippen molar-refractivity contribution in [1.82, 2.24) is 9.97 Å². The molecular weight excluding hydrogens is 308 g/mol. The van der Waals surface area contributed by atoms with Crippen molar-refractivity contribution in [3.63, 3.8) is 0 Å². The number of nitrogens with zero attached hydrogens (tertiary/aromatic N) is 1. The van der Waals surface area contributed by atoms with E-state index in [1.807, 2.05) is 18.2 Å². The van der Waals surface area contributed by atoms with Crippen molar-refractivity contribution in [3.05, 3.63) is 24.0 Å². The predicted octanol–water partition coefficient (Wildman–Crippen LogP) is 1.86. The van der Waals surface area contributed by atoms with Gasteiger partial charge in [-0.05, 0) is 43.9 Å². The second kappa shape index (κ2) is 6.51. The van der Waals surface area contributed by atoms with Gasteiger partial charge in [0.15, 0.2) is 0 Å². The van der Waals surface area contributed by atoms with Crippen LogP contribution in [0.3, 0.4) is 0 Å². The first kappa shape index (κ1) is 15.6. The Morgan fingerprint density at radius 3 is 3.04 bits per heavy atom.